The predicted molar refractivity (Wildman–Crippen MR) is 351 cm³/mol. The van der Waals surface area contributed by atoms with Crippen molar-refractivity contribution in [3.05, 3.63) is 101 Å². The van der Waals surface area contributed by atoms with Crippen LogP contribution in [0.4, 0.5) is 28.6 Å². The number of pyridine rings is 1. The maximum Gasteiger partial charge on any atom is 0.257 e. The lowest BCUT2D eigenvalue weighted by atomic mass is 9.73. The van der Waals surface area contributed by atoms with Crippen molar-refractivity contribution in [3.8, 4) is 48.5 Å². The molecule has 458 valence electrons. The van der Waals surface area contributed by atoms with Gasteiger partial charge in [-0.15, -0.1) is 0 Å². The van der Waals surface area contributed by atoms with Crippen molar-refractivity contribution >= 4 is 123 Å². The lowest BCUT2D eigenvalue weighted by Crippen LogP contribution is -2.60. The Morgan fingerprint density at radius 2 is 1.13 bits per heavy atom. The van der Waals surface area contributed by atoms with Gasteiger partial charge >= 0.3 is 0 Å². The Hall–Kier alpha value is -7.09. The van der Waals surface area contributed by atoms with Crippen LogP contribution in [0.25, 0.3) is 88.4 Å². The van der Waals surface area contributed by atoms with Crippen molar-refractivity contribution in [2.24, 2.45) is 17.9 Å². The number of halogens is 3. The molecule has 4 N–H and O–H groups in total. The Morgan fingerprint density at radius 3 is 1.74 bits per heavy atom. The number of benzene rings is 2. The second kappa shape index (κ2) is 22.7. The highest BCUT2D eigenvalue weighted by molar-refractivity contribution is 7.30. The zero-order chi connectivity index (χ0) is 60.3. The van der Waals surface area contributed by atoms with Crippen LogP contribution in [0.5, 0.6) is 0 Å². The molecule has 3 atom stereocenters. The number of aromatic amines is 2. The van der Waals surface area contributed by atoms with E-state index in [2.05, 4.69) is 74.8 Å². The highest BCUT2D eigenvalue weighted by Gasteiger charge is 2.46. The van der Waals surface area contributed by atoms with E-state index in [4.69, 9.17) is 24.9 Å². The van der Waals surface area contributed by atoms with E-state index in [1.54, 1.807) is 63.6 Å². The molecule has 6 aliphatic heterocycles. The molecule has 1 unspecified atom stereocenters. The van der Waals surface area contributed by atoms with E-state index in [0.717, 1.165) is 124 Å². The van der Waals surface area contributed by atoms with E-state index in [9.17, 15) is 18.0 Å². The fourth-order valence-corrected chi connectivity index (χ4v) is 19.9. The predicted octanol–water partition coefficient (Wildman–Crippen LogP) is 11.3. The van der Waals surface area contributed by atoms with Crippen molar-refractivity contribution < 1.29 is 13.2 Å². The molecule has 89 heavy (non-hydrogen) atoms. The molecule has 6 fully saturated rings. The van der Waals surface area contributed by atoms with Crippen molar-refractivity contribution in [1.29, 1.82) is 0 Å². The van der Waals surface area contributed by atoms with Gasteiger partial charge in [0.05, 0.1) is 12.4 Å². The summed E-state index contributed by atoms with van der Waals surface area (Å²) in [6.45, 7) is 8.72. The van der Waals surface area contributed by atoms with Crippen molar-refractivity contribution in [3.63, 3.8) is 0 Å². The lowest BCUT2D eigenvalue weighted by molar-refractivity contribution is 0.150. The Kier molecular flexibility index (Phi) is 14.6. The van der Waals surface area contributed by atoms with E-state index >= 15 is 0 Å². The molecule has 6 aliphatic rings. The number of hydrogen-bond donors (Lipinski definition) is 4. The number of fused-ring (bicyclic) bond motifs is 6. The van der Waals surface area contributed by atoms with Gasteiger partial charge in [0.15, 0.2) is 55.3 Å². The number of piperidine rings is 3. The third-order valence-corrected chi connectivity index (χ3v) is 25.1. The zero-order valence-corrected chi connectivity index (χ0v) is 53.6. The van der Waals surface area contributed by atoms with E-state index < -0.39 is 11.6 Å². The molecular formula is C60H60F3N19OS6. The molecule has 2 aromatic carbocycles. The van der Waals surface area contributed by atoms with Gasteiger partial charge in [0, 0.05) is 133 Å². The molecule has 2 bridgehead atoms. The molecule has 12 aromatic rings. The van der Waals surface area contributed by atoms with Crippen molar-refractivity contribution in [1.82, 2.24) is 80.2 Å². The first-order chi connectivity index (χ1) is 43.2. The number of hydrogen-bond acceptors (Lipinski definition) is 22. The second-order valence-corrected chi connectivity index (χ2v) is 30.2. The van der Waals surface area contributed by atoms with Crippen LogP contribution in [0.2, 0.25) is 0 Å². The summed E-state index contributed by atoms with van der Waals surface area (Å²) in [4.78, 5) is 55.9. The molecule has 20 nitrogen and oxygen atoms in total. The number of nitrogens with one attached hydrogen (secondary N) is 4. The molecular weight excluding hydrogens is 1250 g/mol. The minimum absolute atomic E-state index is 0.112. The van der Waals surface area contributed by atoms with E-state index in [-0.39, 0.29) is 22.5 Å². The summed E-state index contributed by atoms with van der Waals surface area (Å²) in [6.07, 6.45) is 20.1. The van der Waals surface area contributed by atoms with Gasteiger partial charge in [-0.2, -0.15) is 15.3 Å². The van der Waals surface area contributed by atoms with E-state index in [1.807, 2.05) is 18.3 Å². The maximum absolute atomic E-state index is 14.8. The molecule has 10 aromatic heterocycles. The van der Waals surface area contributed by atoms with Gasteiger partial charge in [-0.05, 0) is 120 Å². The minimum Gasteiger partial charge on any atom is -0.348 e. The summed E-state index contributed by atoms with van der Waals surface area (Å²) in [7, 11) is 6.23. The molecule has 6 saturated heterocycles. The monoisotopic (exact) mass is 1310 g/mol. The Morgan fingerprint density at radius 1 is 0.584 bits per heavy atom. The fraction of sp³-hybridized carbons (Fsp3) is 0.400. The maximum atomic E-state index is 14.8. The first-order valence-corrected chi connectivity index (χ1v) is 34.7. The number of aromatic nitrogens is 13. The van der Waals surface area contributed by atoms with Gasteiger partial charge in [-0.3, -0.25) is 24.2 Å². The van der Waals surface area contributed by atoms with Crippen LogP contribution in [0.3, 0.4) is 0 Å². The number of H-pyrrole nitrogens is 2. The molecule has 0 amide bonds. The van der Waals surface area contributed by atoms with Gasteiger partial charge in [-0.1, -0.05) is 68.0 Å². The van der Waals surface area contributed by atoms with Gasteiger partial charge in [0.2, 0.25) is 0 Å². The summed E-state index contributed by atoms with van der Waals surface area (Å²) in [5.74, 6) is -1.33. The van der Waals surface area contributed by atoms with Crippen LogP contribution in [0, 0.1) is 28.3 Å². The second-order valence-electron chi connectivity index (χ2n) is 24.5. The first-order valence-electron chi connectivity index (χ1n) is 29.8. The lowest BCUT2D eigenvalue weighted by Gasteiger charge is -2.52. The van der Waals surface area contributed by atoms with Gasteiger partial charge in [0.1, 0.15) is 27.2 Å². The van der Waals surface area contributed by atoms with Crippen LogP contribution in [0.15, 0.2) is 78.4 Å². The summed E-state index contributed by atoms with van der Waals surface area (Å²) in [5, 5.41) is 29.9. The van der Waals surface area contributed by atoms with Crippen LogP contribution in [-0.2, 0) is 7.05 Å². The standard InChI is InChI=1S/C21H23N7OS2.C20H18F2N6S2.C19H19FN6S2/c1-26-14-3-4-15(26)9-16(8-14)27(2)20-24-18-19(30-20)25-21(31-18)28-6-5-12(7-17(28)29)13-10-22-23-11-13;21-14-6-13(15(22)5-12(14)11-7-24-25-8-11)16-26-17-18(29-16)27-19(30-17)28-9-20(10-28)1-3-23-4-2-20;1-25-8-12-6-11(7-13(20)14(12)24-25)15-22-16-17(27-15)23-18(28-16)26-9-19(10-26)2-4-21-5-3-19/h5-7,10-11,14-16H,3-4,8-9H2,1-2H3,(H,22,23);5-8,23H,1-4,9-10H2,(H,24,25);6-8,21H,2-5,9-10H2,1H3/t14-,15+,16?;;. The number of anilines is 3. The Balaban J connectivity index is 0.000000107. The van der Waals surface area contributed by atoms with Crippen LogP contribution < -0.4 is 30.9 Å². The summed E-state index contributed by atoms with van der Waals surface area (Å²) in [5.41, 5.74) is 4.55. The largest absolute Gasteiger partial charge is 0.348 e. The normalized spacial score (nSPS) is 20.4. The topological polar surface area (TPSA) is 212 Å². The quantitative estimate of drug-likeness (QED) is 0.106. The zero-order valence-electron chi connectivity index (χ0n) is 48.7. The number of aryl methyl sites for hydroxylation is 1. The molecule has 16 heterocycles. The van der Waals surface area contributed by atoms with Gasteiger partial charge < -0.3 is 30.2 Å². The van der Waals surface area contributed by atoms with Crippen LogP contribution >= 0.6 is 68.0 Å². The number of thiazole rings is 6. The number of nitrogens with zero attached hydrogens (tertiary/aromatic N) is 15. The first kappa shape index (κ1) is 57.1. The van der Waals surface area contributed by atoms with Gasteiger partial charge in [0.25, 0.3) is 5.56 Å². The highest BCUT2D eigenvalue weighted by atomic mass is 32.1. The van der Waals surface area contributed by atoms with Crippen LogP contribution in [-0.4, -0.2) is 154 Å². The molecule has 0 aliphatic carbocycles. The summed E-state index contributed by atoms with van der Waals surface area (Å²) in [6, 6.07) is 11.3. The molecule has 29 heteroatoms. The minimum atomic E-state index is -0.509. The average molecular weight is 1310 g/mol. The van der Waals surface area contributed by atoms with Crippen molar-refractivity contribution in [2.45, 2.75) is 69.5 Å². The average Bonchev–Trinajstić information content (AvgIpc) is 2.20. The Bertz CT molecular complexity index is 4520. The third-order valence-electron chi connectivity index (χ3n) is 18.8. The van der Waals surface area contributed by atoms with Gasteiger partial charge in [-0.25, -0.2) is 43.1 Å². The SMILES string of the molecule is CN(c1nc2sc(-n3ccc(-c4cn[nH]c4)cc3=O)nc2s1)C1C[C@H]2CC[C@@H](C1)N2C.Cn1cc2cc(-c3nc4sc(N5CC6(CCNCC6)C5)nc4s3)cc(F)c2n1.Fc1cc(-c2nc3sc(N4CC5(CCNCC5)C4)nc3s2)c(F)cc1-c1cn[nH]c1. The number of rotatable bonds is 9. The molecule has 2 spiro atoms. The fourth-order valence-electron chi connectivity index (χ4n) is 13.7. The molecule has 0 radical (unpaired) electrons. The Labute approximate surface area is 531 Å². The highest BCUT2D eigenvalue weighted by Crippen LogP contribution is 2.47. The van der Waals surface area contributed by atoms with E-state index in [0.29, 0.717) is 50.2 Å². The summed E-state index contributed by atoms with van der Waals surface area (Å²) >= 11 is 9.09. The smallest absolute Gasteiger partial charge is 0.257 e. The molecule has 18 rings (SSSR count). The molecule has 0 saturated carbocycles. The van der Waals surface area contributed by atoms with E-state index in [1.165, 1.54) is 127 Å². The van der Waals surface area contributed by atoms with Crippen LogP contribution in [0.1, 0.15) is 51.4 Å². The third kappa shape index (κ3) is 10.7. The van der Waals surface area contributed by atoms with Crippen molar-refractivity contribution in [2.75, 3.05) is 81.2 Å². The summed E-state index contributed by atoms with van der Waals surface area (Å²) < 4.78 is 47.0.